The van der Waals surface area contributed by atoms with Gasteiger partial charge in [0.15, 0.2) is 6.29 Å². The summed E-state index contributed by atoms with van der Waals surface area (Å²) < 4.78 is 21.8. The molecule has 7 atom stereocenters. The highest BCUT2D eigenvalue weighted by Crippen LogP contribution is 2.33. The fourth-order valence-electron chi connectivity index (χ4n) is 6.44. The van der Waals surface area contributed by atoms with Crippen molar-refractivity contribution in [3.63, 3.8) is 0 Å². The third-order valence-electron chi connectivity index (χ3n) is 9.15. The van der Waals surface area contributed by atoms with Crippen LogP contribution in [0.5, 0.6) is 0 Å². The van der Waals surface area contributed by atoms with Crippen LogP contribution < -0.4 is 16.0 Å². The summed E-state index contributed by atoms with van der Waals surface area (Å²) in [6.45, 7) is 6.32. The highest BCUT2D eigenvalue weighted by molar-refractivity contribution is 5.86. The number of nitrogens with zero attached hydrogens (tertiary/aromatic N) is 1. The van der Waals surface area contributed by atoms with Gasteiger partial charge in [-0.2, -0.15) is 0 Å². The van der Waals surface area contributed by atoms with Crippen molar-refractivity contribution in [3.8, 4) is 11.3 Å². The molecule has 12 heteroatoms. The fraction of sp³-hybridized carbons (Fsp3) is 0.474. The second kappa shape index (κ2) is 16.9. The monoisotopic (exact) mass is 688 g/mol. The molecule has 268 valence electrons. The summed E-state index contributed by atoms with van der Waals surface area (Å²) >= 11 is 0. The number of alkyl carbamates (subject to hydrolysis) is 2. The van der Waals surface area contributed by atoms with Crippen LogP contribution >= 0.6 is 0 Å². The van der Waals surface area contributed by atoms with Crippen molar-refractivity contribution in [1.82, 2.24) is 20.9 Å². The van der Waals surface area contributed by atoms with Crippen LogP contribution in [0, 0.1) is 11.3 Å². The van der Waals surface area contributed by atoms with Crippen LogP contribution in [-0.2, 0) is 36.6 Å². The molecule has 2 saturated heterocycles. The molecule has 0 spiro atoms. The first-order valence-corrected chi connectivity index (χ1v) is 17.1. The number of aliphatic hydroxyl groups excluding tert-OH is 1. The molecular formula is C38H48N4O8. The molecule has 1 aromatic heterocycles. The Hall–Kier alpha value is -4.52. The lowest BCUT2D eigenvalue weighted by molar-refractivity contribution is -0.126. The Morgan fingerprint density at radius 2 is 1.62 bits per heavy atom. The number of methoxy groups -OCH3 is 1. The first kappa shape index (κ1) is 36.8. The van der Waals surface area contributed by atoms with Gasteiger partial charge in [0.2, 0.25) is 5.91 Å². The Bertz CT molecular complexity index is 1550. The van der Waals surface area contributed by atoms with Gasteiger partial charge in [0.1, 0.15) is 12.1 Å². The first-order chi connectivity index (χ1) is 24.0. The van der Waals surface area contributed by atoms with E-state index in [1.54, 1.807) is 6.20 Å². The fourth-order valence-corrected chi connectivity index (χ4v) is 6.44. The largest absolute Gasteiger partial charge is 0.453 e. The normalized spacial score (nSPS) is 20.9. The molecule has 2 aromatic carbocycles. The average molecular weight is 689 g/mol. The summed E-state index contributed by atoms with van der Waals surface area (Å²) in [6.07, 6.45) is -0.0446. The third kappa shape index (κ3) is 10.0. The Balaban J connectivity index is 1.35. The average Bonchev–Trinajstić information content (AvgIpc) is 3.72. The molecule has 50 heavy (non-hydrogen) atoms. The highest BCUT2D eigenvalue weighted by atomic mass is 16.7. The van der Waals surface area contributed by atoms with E-state index >= 15 is 0 Å². The molecule has 3 amide bonds. The predicted molar refractivity (Wildman–Crippen MR) is 186 cm³/mol. The predicted octanol–water partition coefficient (Wildman–Crippen LogP) is 4.40. The lowest BCUT2D eigenvalue weighted by atomic mass is 9.85. The number of nitrogens with one attached hydrogen (secondary N) is 3. The van der Waals surface area contributed by atoms with Crippen molar-refractivity contribution < 1.29 is 38.4 Å². The zero-order chi connectivity index (χ0) is 35.7. The van der Waals surface area contributed by atoms with Crippen molar-refractivity contribution >= 4 is 18.1 Å². The zero-order valence-electron chi connectivity index (χ0n) is 29.0. The van der Waals surface area contributed by atoms with E-state index in [4.69, 9.17) is 18.9 Å². The van der Waals surface area contributed by atoms with E-state index in [-0.39, 0.29) is 25.2 Å². The Morgan fingerprint density at radius 1 is 0.900 bits per heavy atom. The van der Waals surface area contributed by atoms with Gasteiger partial charge in [0, 0.05) is 17.8 Å². The molecule has 2 fully saturated rings. The summed E-state index contributed by atoms with van der Waals surface area (Å²) in [4.78, 5) is 43.7. The number of aliphatic hydroxyl groups is 1. The van der Waals surface area contributed by atoms with Crippen LogP contribution in [0.3, 0.4) is 0 Å². The number of aromatic nitrogens is 1. The van der Waals surface area contributed by atoms with Gasteiger partial charge < -0.3 is 40.0 Å². The Labute approximate surface area is 293 Å². The van der Waals surface area contributed by atoms with Gasteiger partial charge in [-0.25, -0.2) is 9.59 Å². The van der Waals surface area contributed by atoms with Gasteiger partial charge in [-0.05, 0) is 54.4 Å². The number of carbonyl (C=O) groups is 3. The Kier molecular flexibility index (Phi) is 12.4. The molecule has 0 bridgehead atoms. The molecular weight excluding hydrogens is 640 g/mol. The number of ether oxygens (including phenoxy) is 4. The lowest BCUT2D eigenvalue weighted by Crippen LogP contribution is -2.56. The van der Waals surface area contributed by atoms with E-state index < -0.39 is 53.8 Å². The lowest BCUT2D eigenvalue weighted by Gasteiger charge is -2.33. The smallest absolute Gasteiger partial charge is 0.407 e. The van der Waals surface area contributed by atoms with Crippen molar-refractivity contribution in [2.75, 3.05) is 20.3 Å². The molecule has 4 N–H and O–H groups in total. The van der Waals surface area contributed by atoms with Gasteiger partial charge in [-0.3, -0.25) is 9.78 Å². The van der Waals surface area contributed by atoms with Crippen molar-refractivity contribution in [3.05, 3.63) is 90.1 Å². The molecule has 0 saturated carbocycles. The van der Waals surface area contributed by atoms with E-state index in [1.165, 1.54) is 7.11 Å². The third-order valence-corrected chi connectivity index (χ3v) is 9.15. The van der Waals surface area contributed by atoms with Gasteiger partial charge in [-0.1, -0.05) is 81.4 Å². The summed E-state index contributed by atoms with van der Waals surface area (Å²) in [6, 6.07) is 20.8. The number of hydrogen-bond donors (Lipinski definition) is 4. The standard InChI is InChI=1S/C38H48N4O8/c1-38(2,3)33(42-36(45)47-4)34(44)40-27(20-25-13-15-26(16-14-25)29-12-8-9-18-39-29)22-31(43)30(21-24-10-6-5-7-11-24)41-37(46)50-32-23-49-35-28(32)17-19-48-35/h5-16,18,27-28,30-33,35,43H,17,19-23H2,1-4H3,(H,40,44)(H,41,46)(H,42,45)/t27-,28+,30-,31-,32-,33+,35-/m0/s1. The zero-order valence-corrected chi connectivity index (χ0v) is 29.0. The minimum Gasteiger partial charge on any atom is -0.453 e. The first-order valence-electron chi connectivity index (χ1n) is 17.1. The maximum atomic E-state index is 13.8. The summed E-state index contributed by atoms with van der Waals surface area (Å²) in [5.74, 6) is -0.456. The minimum absolute atomic E-state index is 0.0312. The molecule has 0 radical (unpaired) electrons. The number of benzene rings is 2. The Morgan fingerprint density at radius 3 is 2.30 bits per heavy atom. The maximum absolute atomic E-state index is 13.8. The summed E-state index contributed by atoms with van der Waals surface area (Å²) in [7, 11) is 1.24. The van der Waals surface area contributed by atoms with Crippen LogP contribution in [0.25, 0.3) is 11.3 Å². The minimum atomic E-state index is -1.09. The molecule has 2 aliphatic heterocycles. The van der Waals surface area contributed by atoms with Crippen molar-refractivity contribution in [2.45, 2.75) is 83.1 Å². The second-order valence-electron chi connectivity index (χ2n) is 14.0. The summed E-state index contributed by atoms with van der Waals surface area (Å²) in [5, 5.41) is 20.4. The molecule has 3 heterocycles. The van der Waals surface area contributed by atoms with Crippen LogP contribution in [0.1, 0.15) is 44.7 Å². The SMILES string of the molecule is COC(=O)N[C@H](C(=O)N[C@@H](Cc1ccc(-c2ccccn2)cc1)C[C@H](O)[C@H](Cc1ccccc1)NC(=O)O[C@H]1CO[C@@H]2OCC[C@@H]21)C(C)(C)C. The number of rotatable bonds is 13. The van der Waals surface area contributed by atoms with E-state index in [2.05, 4.69) is 20.9 Å². The van der Waals surface area contributed by atoms with Gasteiger partial charge >= 0.3 is 12.2 Å². The number of hydrogen-bond acceptors (Lipinski definition) is 9. The highest BCUT2D eigenvalue weighted by Gasteiger charge is 2.44. The van der Waals surface area contributed by atoms with Crippen molar-refractivity contribution in [1.29, 1.82) is 0 Å². The van der Waals surface area contributed by atoms with Crippen molar-refractivity contribution in [2.24, 2.45) is 11.3 Å². The van der Waals surface area contributed by atoms with Gasteiger partial charge in [0.05, 0.1) is 44.1 Å². The van der Waals surface area contributed by atoms with E-state index in [9.17, 15) is 19.5 Å². The van der Waals surface area contributed by atoms with Crippen LogP contribution in [-0.4, -0.2) is 85.1 Å². The van der Waals surface area contributed by atoms with Crippen LogP contribution in [0.2, 0.25) is 0 Å². The molecule has 0 aliphatic carbocycles. The van der Waals surface area contributed by atoms with Crippen LogP contribution in [0.4, 0.5) is 9.59 Å². The number of amides is 3. The van der Waals surface area contributed by atoms with Gasteiger partial charge in [0.25, 0.3) is 0 Å². The number of carbonyl (C=O) groups excluding carboxylic acids is 3. The molecule has 2 aliphatic rings. The molecule has 3 aromatic rings. The maximum Gasteiger partial charge on any atom is 0.407 e. The second-order valence-corrected chi connectivity index (χ2v) is 14.0. The summed E-state index contributed by atoms with van der Waals surface area (Å²) in [5.41, 5.74) is 2.95. The molecule has 12 nitrogen and oxygen atoms in total. The number of pyridine rings is 1. The topological polar surface area (TPSA) is 157 Å². The van der Waals surface area contributed by atoms with E-state index in [0.29, 0.717) is 19.4 Å². The molecule has 5 rings (SSSR count). The van der Waals surface area contributed by atoms with Crippen LogP contribution in [0.15, 0.2) is 79.0 Å². The van der Waals surface area contributed by atoms with E-state index in [0.717, 1.165) is 28.8 Å². The number of fused-ring (bicyclic) bond motifs is 1. The molecule has 0 unspecified atom stereocenters. The van der Waals surface area contributed by atoms with Gasteiger partial charge in [-0.15, -0.1) is 0 Å². The quantitative estimate of drug-likeness (QED) is 0.204. The van der Waals surface area contributed by atoms with E-state index in [1.807, 2.05) is 93.6 Å².